The van der Waals surface area contributed by atoms with Crippen molar-refractivity contribution < 1.29 is 17.9 Å². The van der Waals surface area contributed by atoms with Crippen molar-refractivity contribution in [2.24, 2.45) is 0 Å². The minimum atomic E-state index is -3.90. The van der Waals surface area contributed by atoms with Gasteiger partial charge in [-0.25, -0.2) is 17.9 Å². The summed E-state index contributed by atoms with van der Waals surface area (Å²) in [4.78, 5) is 30.1. The van der Waals surface area contributed by atoms with Crippen LogP contribution in [0.4, 0.5) is 0 Å². The quantitative estimate of drug-likeness (QED) is 0.317. The molecule has 0 unspecified atom stereocenters. The molecule has 11 heteroatoms. The van der Waals surface area contributed by atoms with E-state index < -0.39 is 15.7 Å². The van der Waals surface area contributed by atoms with E-state index in [-0.39, 0.29) is 29.6 Å². The number of imidazole rings is 1. The van der Waals surface area contributed by atoms with Gasteiger partial charge in [-0.2, -0.15) is 0 Å². The first kappa shape index (κ1) is 28.3. The molecule has 1 saturated heterocycles. The van der Waals surface area contributed by atoms with Crippen molar-refractivity contribution in [2.45, 2.75) is 18.4 Å². The number of sulfonamides is 1. The summed E-state index contributed by atoms with van der Waals surface area (Å²) in [5, 5.41) is 3.25. The second-order valence-electron chi connectivity index (χ2n) is 9.74. The van der Waals surface area contributed by atoms with Crippen LogP contribution in [0.15, 0.2) is 88.6 Å². The lowest BCUT2D eigenvalue weighted by Gasteiger charge is -2.28. The second-order valence-corrected chi connectivity index (χ2v) is 11.5. The molecule has 0 spiro atoms. The van der Waals surface area contributed by atoms with E-state index in [0.717, 1.165) is 5.56 Å². The van der Waals surface area contributed by atoms with Crippen LogP contribution in [0, 0.1) is 6.92 Å². The number of hydrogen-bond acceptors (Lipinski definition) is 6. The number of para-hydroxylation sites is 1. The van der Waals surface area contributed by atoms with Crippen LogP contribution in [-0.4, -0.2) is 68.2 Å². The lowest BCUT2D eigenvalue weighted by Crippen LogP contribution is -2.47. The maximum Gasteiger partial charge on any atom is 0.333 e. The highest BCUT2D eigenvalue weighted by Gasteiger charge is 2.31. The number of amides is 1. The lowest BCUT2D eigenvalue weighted by molar-refractivity contribution is 0.0725. The molecule has 0 bridgehead atoms. The van der Waals surface area contributed by atoms with Gasteiger partial charge in [0.05, 0.1) is 23.4 Å². The zero-order valence-corrected chi connectivity index (χ0v) is 23.9. The largest absolute Gasteiger partial charge is 0.497 e. The van der Waals surface area contributed by atoms with E-state index >= 15 is 0 Å². The summed E-state index contributed by atoms with van der Waals surface area (Å²) < 4.78 is 36.8. The van der Waals surface area contributed by atoms with Gasteiger partial charge in [0.25, 0.3) is 5.91 Å². The molecule has 0 atom stereocenters. The molecule has 0 saturated carbocycles. The summed E-state index contributed by atoms with van der Waals surface area (Å²) in [5.74, 6) is 0.140. The van der Waals surface area contributed by atoms with Gasteiger partial charge in [-0.05, 0) is 30.7 Å². The van der Waals surface area contributed by atoms with Gasteiger partial charge in [0.1, 0.15) is 11.4 Å². The molecule has 0 aliphatic carbocycles. The Morgan fingerprint density at radius 3 is 2.39 bits per heavy atom. The molecule has 1 fully saturated rings. The van der Waals surface area contributed by atoms with Crippen molar-refractivity contribution in [3.05, 3.63) is 101 Å². The van der Waals surface area contributed by atoms with Crippen LogP contribution in [0.1, 0.15) is 16.1 Å². The Kier molecular flexibility index (Phi) is 8.39. The van der Waals surface area contributed by atoms with Gasteiger partial charge in [0.15, 0.2) is 0 Å². The maximum atomic E-state index is 14.2. The molecule has 41 heavy (non-hydrogen) atoms. The zero-order valence-electron chi connectivity index (χ0n) is 23.0. The molecule has 214 valence electrons. The fraction of sp³-hybridized carbons (Fsp3) is 0.267. The van der Waals surface area contributed by atoms with E-state index in [9.17, 15) is 18.0 Å². The molecule has 1 amide bonds. The number of aryl methyl sites for hydroxylation is 1. The number of nitrogens with one attached hydrogen (secondary N) is 2. The Bertz CT molecular complexity index is 1710. The molecule has 3 aromatic carbocycles. The Hall–Kier alpha value is -4.19. The number of carbonyl (C=O) groups excluding carboxylic acids is 1. The molecular formula is C30H33N5O5S. The van der Waals surface area contributed by atoms with Crippen LogP contribution >= 0.6 is 0 Å². The zero-order chi connectivity index (χ0) is 29.0. The SMILES string of the molecule is COc1cccc(S(=O)(=O)NCCn2c(C(=O)N3CCNCC3)c(-c3ccccc3)n(-c3ccccc3C)c2=O)c1. The maximum absolute atomic E-state index is 14.2. The summed E-state index contributed by atoms with van der Waals surface area (Å²) in [6.45, 7) is 4.05. The fourth-order valence-corrected chi connectivity index (χ4v) is 6.09. The number of ether oxygens (including phenoxy) is 1. The van der Waals surface area contributed by atoms with Crippen molar-refractivity contribution in [1.82, 2.24) is 24.1 Å². The number of benzene rings is 3. The van der Waals surface area contributed by atoms with Crippen LogP contribution in [0.3, 0.4) is 0 Å². The number of nitrogens with zero attached hydrogens (tertiary/aromatic N) is 3. The van der Waals surface area contributed by atoms with Crippen LogP contribution in [-0.2, 0) is 16.6 Å². The van der Waals surface area contributed by atoms with E-state index in [1.54, 1.807) is 21.6 Å². The molecule has 5 rings (SSSR count). The highest BCUT2D eigenvalue weighted by Crippen LogP contribution is 2.29. The average Bonchev–Trinajstić information content (AvgIpc) is 3.29. The number of aromatic nitrogens is 2. The van der Waals surface area contributed by atoms with Crippen molar-refractivity contribution in [3.63, 3.8) is 0 Å². The topological polar surface area (TPSA) is 115 Å². The van der Waals surface area contributed by atoms with Crippen LogP contribution in [0.5, 0.6) is 5.75 Å². The van der Waals surface area contributed by atoms with Crippen molar-refractivity contribution in [2.75, 3.05) is 39.8 Å². The molecule has 1 aliphatic heterocycles. The number of piperazine rings is 1. The van der Waals surface area contributed by atoms with Crippen molar-refractivity contribution in [3.8, 4) is 22.7 Å². The first-order valence-corrected chi connectivity index (χ1v) is 14.9. The Balaban J connectivity index is 1.61. The minimum absolute atomic E-state index is 0.0452. The van der Waals surface area contributed by atoms with E-state index in [2.05, 4.69) is 10.0 Å². The van der Waals surface area contributed by atoms with Gasteiger partial charge in [0, 0.05) is 50.9 Å². The summed E-state index contributed by atoms with van der Waals surface area (Å²) >= 11 is 0. The molecule has 4 aromatic rings. The number of rotatable bonds is 9. The van der Waals surface area contributed by atoms with E-state index in [0.29, 0.717) is 48.9 Å². The third kappa shape index (κ3) is 5.83. The monoisotopic (exact) mass is 575 g/mol. The van der Waals surface area contributed by atoms with Gasteiger partial charge in [0.2, 0.25) is 10.0 Å². The van der Waals surface area contributed by atoms with Crippen LogP contribution in [0.2, 0.25) is 0 Å². The fourth-order valence-electron chi connectivity index (χ4n) is 5.03. The molecule has 0 radical (unpaired) electrons. The summed E-state index contributed by atoms with van der Waals surface area (Å²) in [5.41, 5.74) is 2.51. The van der Waals surface area contributed by atoms with E-state index in [4.69, 9.17) is 4.74 Å². The molecule has 2 heterocycles. The number of hydrogen-bond donors (Lipinski definition) is 2. The third-order valence-corrected chi connectivity index (χ3v) is 8.59. The van der Waals surface area contributed by atoms with Crippen molar-refractivity contribution in [1.29, 1.82) is 0 Å². The summed E-state index contributed by atoms with van der Waals surface area (Å²) in [7, 11) is -2.44. The van der Waals surface area contributed by atoms with Crippen molar-refractivity contribution >= 4 is 15.9 Å². The number of methoxy groups -OCH3 is 1. The smallest absolute Gasteiger partial charge is 0.333 e. The molecular weight excluding hydrogens is 542 g/mol. The predicted octanol–water partition coefficient (Wildman–Crippen LogP) is 2.65. The first-order chi connectivity index (χ1) is 19.8. The standard InChI is InChI=1S/C30H33N5O5S/c1-22-9-6-7-14-26(22)35-27(23-10-4-3-5-11-23)28(29(36)33-18-15-31-16-19-33)34(30(35)37)20-17-32-41(38,39)25-13-8-12-24(21-25)40-2/h3-14,21,31-32H,15-20H2,1-2H3. The highest BCUT2D eigenvalue weighted by atomic mass is 32.2. The Labute approximate surface area is 239 Å². The molecule has 1 aliphatic rings. The van der Waals surface area contributed by atoms with Crippen LogP contribution in [0.25, 0.3) is 16.9 Å². The van der Waals surface area contributed by atoms with Gasteiger partial charge in [-0.3, -0.25) is 13.9 Å². The van der Waals surface area contributed by atoms with Gasteiger partial charge in [-0.1, -0.05) is 54.6 Å². The Morgan fingerprint density at radius 1 is 0.976 bits per heavy atom. The first-order valence-electron chi connectivity index (χ1n) is 13.4. The summed E-state index contributed by atoms with van der Waals surface area (Å²) in [6, 6.07) is 23.0. The normalized spacial score (nSPS) is 13.8. The van der Waals surface area contributed by atoms with Crippen LogP contribution < -0.4 is 20.5 Å². The second kappa shape index (κ2) is 12.1. The molecule has 10 nitrogen and oxygen atoms in total. The summed E-state index contributed by atoms with van der Waals surface area (Å²) in [6.07, 6.45) is 0. The van der Waals surface area contributed by atoms with Gasteiger partial charge >= 0.3 is 5.69 Å². The third-order valence-electron chi connectivity index (χ3n) is 7.13. The van der Waals surface area contributed by atoms with Gasteiger partial charge in [-0.15, -0.1) is 0 Å². The predicted molar refractivity (Wildman–Crippen MR) is 157 cm³/mol. The highest BCUT2D eigenvalue weighted by molar-refractivity contribution is 7.89. The minimum Gasteiger partial charge on any atom is -0.497 e. The average molecular weight is 576 g/mol. The molecule has 2 N–H and O–H groups in total. The van der Waals surface area contributed by atoms with E-state index in [1.165, 1.54) is 23.8 Å². The lowest BCUT2D eigenvalue weighted by atomic mass is 10.1. The number of carbonyl (C=O) groups is 1. The molecule has 1 aromatic heterocycles. The van der Waals surface area contributed by atoms with Gasteiger partial charge < -0.3 is 15.0 Å². The Morgan fingerprint density at radius 2 is 1.68 bits per heavy atom. The van der Waals surface area contributed by atoms with E-state index in [1.807, 2.05) is 61.5 Å².